The van der Waals surface area contributed by atoms with Crippen molar-refractivity contribution >= 4 is 5.91 Å². The fourth-order valence-corrected chi connectivity index (χ4v) is 2.72. The first-order chi connectivity index (χ1) is 11.1. The minimum absolute atomic E-state index is 0.0910. The topological polar surface area (TPSA) is 41.1 Å². The summed E-state index contributed by atoms with van der Waals surface area (Å²) in [4.78, 5) is 12.3. The fourth-order valence-electron chi connectivity index (χ4n) is 2.72. The number of carbonyl (C=O) groups is 1. The largest absolute Gasteiger partial charge is 0.345 e. The van der Waals surface area contributed by atoms with Gasteiger partial charge in [-0.3, -0.25) is 4.79 Å². The van der Waals surface area contributed by atoms with Crippen molar-refractivity contribution in [3.05, 3.63) is 70.8 Å². The van der Waals surface area contributed by atoms with E-state index in [2.05, 4.69) is 60.9 Å². The lowest BCUT2D eigenvalue weighted by molar-refractivity contribution is -0.121. The summed E-state index contributed by atoms with van der Waals surface area (Å²) in [6, 6.07) is 16.6. The maximum atomic E-state index is 12.3. The van der Waals surface area contributed by atoms with Gasteiger partial charge < -0.3 is 10.6 Å². The Hall–Kier alpha value is -2.13. The SMILES string of the molecule is CNCCCC(=O)NC(c1cccc(C)c1)c1cccc(C)c1. The minimum atomic E-state index is -0.100. The van der Waals surface area contributed by atoms with Crippen LogP contribution in [-0.4, -0.2) is 19.5 Å². The molecule has 0 spiro atoms. The molecule has 0 fully saturated rings. The van der Waals surface area contributed by atoms with Gasteiger partial charge in [0, 0.05) is 6.42 Å². The van der Waals surface area contributed by atoms with E-state index in [0.29, 0.717) is 6.42 Å². The van der Waals surface area contributed by atoms with E-state index in [1.54, 1.807) is 0 Å². The average Bonchev–Trinajstić information content (AvgIpc) is 2.53. The van der Waals surface area contributed by atoms with E-state index in [9.17, 15) is 4.79 Å². The van der Waals surface area contributed by atoms with E-state index in [1.807, 2.05) is 19.2 Å². The van der Waals surface area contributed by atoms with Gasteiger partial charge in [-0.25, -0.2) is 0 Å². The molecule has 0 aliphatic rings. The zero-order valence-electron chi connectivity index (χ0n) is 14.2. The molecule has 0 aliphatic heterocycles. The van der Waals surface area contributed by atoms with Crippen LogP contribution in [0.2, 0.25) is 0 Å². The molecule has 122 valence electrons. The van der Waals surface area contributed by atoms with E-state index >= 15 is 0 Å². The summed E-state index contributed by atoms with van der Waals surface area (Å²) in [7, 11) is 1.90. The summed E-state index contributed by atoms with van der Waals surface area (Å²) in [5.41, 5.74) is 4.64. The van der Waals surface area contributed by atoms with E-state index in [0.717, 1.165) is 24.1 Å². The second kappa shape index (κ2) is 8.49. The molecule has 2 rings (SSSR count). The van der Waals surface area contributed by atoms with Crippen molar-refractivity contribution in [3.63, 3.8) is 0 Å². The van der Waals surface area contributed by atoms with E-state index < -0.39 is 0 Å². The molecule has 0 heterocycles. The molecule has 2 aromatic rings. The lowest BCUT2D eigenvalue weighted by Gasteiger charge is -2.21. The fraction of sp³-hybridized carbons (Fsp3) is 0.350. The predicted octanol–water partition coefficient (Wildman–Crippen LogP) is 3.51. The van der Waals surface area contributed by atoms with Crippen molar-refractivity contribution in [2.45, 2.75) is 32.7 Å². The van der Waals surface area contributed by atoms with Crippen LogP contribution in [0.1, 0.15) is 41.1 Å². The average molecular weight is 310 g/mol. The van der Waals surface area contributed by atoms with Gasteiger partial charge in [-0.15, -0.1) is 0 Å². The van der Waals surface area contributed by atoms with E-state index in [-0.39, 0.29) is 11.9 Å². The molecule has 3 nitrogen and oxygen atoms in total. The Morgan fingerprint density at radius 3 is 2.04 bits per heavy atom. The van der Waals surface area contributed by atoms with Gasteiger partial charge in [0.15, 0.2) is 0 Å². The number of aryl methyl sites for hydroxylation is 2. The predicted molar refractivity (Wildman–Crippen MR) is 95.5 cm³/mol. The lowest BCUT2D eigenvalue weighted by Crippen LogP contribution is -2.29. The first kappa shape index (κ1) is 17.2. The summed E-state index contributed by atoms with van der Waals surface area (Å²) in [6.45, 7) is 5.00. The van der Waals surface area contributed by atoms with Gasteiger partial charge in [-0.2, -0.15) is 0 Å². The molecule has 0 atom stereocenters. The van der Waals surface area contributed by atoms with E-state index in [4.69, 9.17) is 0 Å². The number of nitrogens with one attached hydrogen (secondary N) is 2. The van der Waals surface area contributed by atoms with Gasteiger partial charge in [0.1, 0.15) is 0 Å². The smallest absolute Gasteiger partial charge is 0.220 e. The molecule has 0 aromatic heterocycles. The summed E-state index contributed by atoms with van der Waals surface area (Å²) >= 11 is 0. The highest BCUT2D eigenvalue weighted by atomic mass is 16.1. The maximum Gasteiger partial charge on any atom is 0.220 e. The van der Waals surface area contributed by atoms with Crippen LogP contribution in [0, 0.1) is 13.8 Å². The van der Waals surface area contributed by atoms with Crippen LogP contribution in [0.4, 0.5) is 0 Å². The van der Waals surface area contributed by atoms with Gasteiger partial charge in [0.25, 0.3) is 0 Å². The van der Waals surface area contributed by atoms with Crippen LogP contribution in [0.5, 0.6) is 0 Å². The lowest BCUT2D eigenvalue weighted by atomic mass is 9.96. The van der Waals surface area contributed by atoms with Gasteiger partial charge in [0.05, 0.1) is 6.04 Å². The summed E-state index contributed by atoms with van der Waals surface area (Å²) in [5.74, 6) is 0.0910. The third kappa shape index (κ3) is 5.22. The number of rotatable bonds is 7. The standard InChI is InChI=1S/C20H26N2O/c1-15-7-4-9-17(13-15)20(18-10-5-8-16(2)14-18)22-19(23)11-6-12-21-3/h4-5,7-10,13-14,20-21H,6,11-12H2,1-3H3,(H,22,23). The zero-order valence-corrected chi connectivity index (χ0v) is 14.2. The Kier molecular flexibility index (Phi) is 6.36. The highest BCUT2D eigenvalue weighted by molar-refractivity contribution is 5.77. The van der Waals surface area contributed by atoms with Crippen molar-refractivity contribution in [3.8, 4) is 0 Å². The van der Waals surface area contributed by atoms with Crippen LogP contribution >= 0.6 is 0 Å². The molecule has 0 unspecified atom stereocenters. The molecule has 0 bridgehead atoms. The van der Waals surface area contributed by atoms with Crippen molar-refractivity contribution < 1.29 is 4.79 Å². The third-order valence-electron chi connectivity index (χ3n) is 3.89. The number of amides is 1. The molecular weight excluding hydrogens is 284 g/mol. The Balaban J connectivity index is 2.23. The monoisotopic (exact) mass is 310 g/mol. The first-order valence-corrected chi connectivity index (χ1v) is 8.17. The molecule has 0 saturated heterocycles. The van der Waals surface area contributed by atoms with Gasteiger partial charge in [-0.1, -0.05) is 59.7 Å². The Bertz CT molecular complexity index is 606. The number of hydrogen-bond donors (Lipinski definition) is 2. The van der Waals surface area contributed by atoms with Gasteiger partial charge in [-0.05, 0) is 45.0 Å². The van der Waals surface area contributed by atoms with Crippen LogP contribution in [-0.2, 0) is 4.79 Å². The normalized spacial score (nSPS) is 10.8. The minimum Gasteiger partial charge on any atom is -0.345 e. The maximum absolute atomic E-state index is 12.3. The molecular formula is C20H26N2O. The highest BCUT2D eigenvalue weighted by Gasteiger charge is 2.17. The second-order valence-electron chi connectivity index (χ2n) is 6.04. The molecule has 2 aromatic carbocycles. The molecule has 1 amide bonds. The number of hydrogen-bond acceptors (Lipinski definition) is 2. The molecule has 0 saturated carbocycles. The molecule has 0 aliphatic carbocycles. The summed E-state index contributed by atoms with van der Waals surface area (Å²) < 4.78 is 0. The quantitative estimate of drug-likeness (QED) is 0.768. The van der Waals surface area contributed by atoms with E-state index in [1.165, 1.54) is 11.1 Å². The second-order valence-corrected chi connectivity index (χ2v) is 6.04. The van der Waals surface area contributed by atoms with Crippen LogP contribution in [0.15, 0.2) is 48.5 Å². The van der Waals surface area contributed by atoms with Crippen LogP contribution in [0.25, 0.3) is 0 Å². The van der Waals surface area contributed by atoms with Crippen LogP contribution in [0.3, 0.4) is 0 Å². The highest BCUT2D eigenvalue weighted by Crippen LogP contribution is 2.24. The number of carbonyl (C=O) groups excluding carboxylic acids is 1. The van der Waals surface area contributed by atoms with Crippen molar-refractivity contribution in [1.82, 2.24) is 10.6 Å². The Morgan fingerprint density at radius 2 is 1.57 bits per heavy atom. The molecule has 3 heteroatoms. The third-order valence-corrected chi connectivity index (χ3v) is 3.89. The Morgan fingerprint density at radius 1 is 1.00 bits per heavy atom. The van der Waals surface area contributed by atoms with Crippen LogP contribution < -0.4 is 10.6 Å². The van der Waals surface area contributed by atoms with Gasteiger partial charge in [0.2, 0.25) is 5.91 Å². The van der Waals surface area contributed by atoms with Crippen molar-refractivity contribution in [1.29, 1.82) is 0 Å². The Labute approximate surface area is 139 Å². The number of benzene rings is 2. The van der Waals surface area contributed by atoms with Crippen molar-refractivity contribution in [2.24, 2.45) is 0 Å². The summed E-state index contributed by atoms with van der Waals surface area (Å²) in [5, 5.41) is 6.27. The van der Waals surface area contributed by atoms with Gasteiger partial charge >= 0.3 is 0 Å². The molecule has 0 radical (unpaired) electrons. The zero-order chi connectivity index (χ0) is 16.7. The molecule has 2 N–H and O–H groups in total. The van der Waals surface area contributed by atoms with Crippen molar-refractivity contribution in [2.75, 3.05) is 13.6 Å². The summed E-state index contributed by atoms with van der Waals surface area (Å²) in [6.07, 6.45) is 1.38. The first-order valence-electron chi connectivity index (χ1n) is 8.17. The molecule has 23 heavy (non-hydrogen) atoms.